The highest BCUT2D eigenvalue weighted by Gasteiger charge is 1.93. The summed E-state index contributed by atoms with van der Waals surface area (Å²) >= 11 is 0. The maximum Gasteiger partial charge on any atom is 0.157 e. The molecule has 0 radical (unpaired) electrons. The second-order valence-electron chi connectivity index (χ2n) is 2.93. The summed E-state index contributed by atoms with van der Waals surface area (Å²) in [7, 11) is 3.75. The van der Waals surface area contributed by atoms with Gasteiger partial charge in [0.25, 0.3) is 0 Å². The van der Waals surface area contributed by atoms with Gasteiger partial charge in [0.2, 0.25) is 0 Å². The predicted molar refractivity (Wildman–Crippen MR) is 50.5 cm³/mol. The Kier molecular flexibility index (Phi) is 6.38. The van der Waals surface area contributed by atoms with Crippen molar-refractivity contribution < 1.29 is 4.79 Å². The van der Waals surface area contributed by atoms with Crippen LogP contribution in [0.1, 0.15) is 26.2 Å². The quantitative estimate of drug-likeness (QED) is 0.482. The van der Waals surface area contributed by atoms with Gasteiger partial charge in [0.05, 0.1) is 0 Å². The monoisotopic (exact) mass is 170 g/mol. The van der Waals surface area contributed by atoms with E-state index in [0.717, 1.165) is 12.8 Å². The first-order chi connectivity index (χ1) is 5.66. The standard InChI is InChI=1S/C9H18N2O/c1-4-5-6-9(12)7-8-10-11(2)3/h7-8,10H,4-6H2,1-3H3/b8-7-. The normalized spacial score (nSPS) is 11.0. The third kappa shape index (κ3) is 7.28. The molecule has 0 aromatic carbocycles. The van der Waals surface area contributed by atoms with Crippen molar-refractivity contribution in [2.75, 3.05) is 14.1 Å². The second kappa shape index (κ2) is 6.85. The van der Waals surface area contributed by atoms with Crippen molar-refractivity contribution in [3.63, 3.8) is 0 Å². The average Bonchev–Trinajstić information content (AvgIpc) is 2.00. The molecule has 0 aliphatic heterocycles. The maximum atomic E-state index is 11.0. The van der Waals surface area contributed by atoms with Gasteiger partial charge in [-0.15, -0.1) is 0 Å². The van der Waals surface area contributed by atoms with E-state index in [1.54, 1.807) is 17.3 Å². The zero-order chi connectivity index (χ0) is 9.40. The fourth-order valence-electron chi connectivity index (χ4n) is 0.714. The molecule has 70 valence electrons. The molecular formula is C9H18N2O. The molecule has 0 amide bonds. The molecule has 0 saturated heterocycles. The highest BCUT2D eigenvalue weighted by molar-refractivity contribution is 5.89. The fraction of sp³-hybridized carbons (Fsp3) is 0.667. The van der Waals surface area contributed by atoms with Crippen molar-refractivity contribution in [2.45, 2.75) is 26.2 Å². The van der Waals surface area contributed by atoms with Crippen LogP contribution >= 0.6 is 0 Å². The van der Waals surface area contributed by atoms with Crippen LogP contribution in [0.4, 0.5) is 0 Å². The lowest BCUT2D eigenvalue weighted by Crippen LogP contribution is -2.24. The van der Waals surface area contributed by atoms with Crippen molar-refractivity contribution in [1.29, 1.82) is 0 Å². The molecule has 0 heterocycles. The van der Waals surface area contributed by atoms with Crippen LogP contribution in [-0.2, 0) is 4.79 Å². The maximum absolute atomic E-state index is 11.0. The average molecular weight is 170 g/mol. The van der Waals surface area contributed by atoms with E-state index in [2.05, 4.69) is 12.3 Å². The Morgan fingerprint density at radius 3 is 2.67 bits per heavy atom. The summed E-state index contributed by atoms with van der Waals surface area (Å²) in [4.78, 5) is 11.0. The zero-order valence-electron chi connectivity index (χ0n) is 8.13. The molecule has 1 N–H and O–H groups in total. The topological polar surface area (TPSA) is 32.3 Å². The number of ketones is 1. The zero-order valence-corrected chi connectivity index (χ0v) is 8.13. The van der Waals surface area contributed by atoms with Crippen LogP contribution in [0.15, 0.2) is 12.3 Å². The van der Waals surface area contributed by atoms with E-state index in [4.69, 9.17) is 0 Å². The lowest BCUT2D eigenvalue weighted by Gasteiger charge is -2.07. The van der Waals surface area contributed by atoms with Gasteiger partial charge >= 0.3 is 0 Å². The SMILES string of the molecule is CCCCC(=O)/C=C\NN(C)C. The molecule has 0 aromatic rings. The molecule has 0 aromatic heterocycles. The number of allylic oxidation sites excluding steroid dienone is 1. The summed E-state index contributed by atoms with van der Waals surface area (Å²) in [5.74, 6) is 0.186. The van der Waals surface area contributed by atoms with Crippen molar-refractivity contribution in [3.05, 3.63) is 12.3 Å². The number of carbonyl (C=O) groups excluding carboxylic acids is 1. The molecule has 0 aliphatic carbocycles. The molecule has 0 bridgehead atoms. The number of hydrogen-bond acceptors (Lipinski definition) is 3. The first-order valence-electron chi connectivity index (χ1n) is 4.29. The summed E-state index contributed by atoms with van der Waals surface area (Å²) in [6.07, 6.45) is 5.95. The van der Waals surface area contributed by atoms with Crippen LogP contribution in [0.25, 0.3) is 0 Å². The molecule has 12 heavy (non-hydrogen) atoms. The van der Waals surface area contributed by atoms with E-state index >= 15 is 0 Å². The Morgan fingerprint density at radius 2 is 2.17 bits per heavy atom. The van der Waals surface area contributed by atoms with E-state index < -0.39 is 0 Å². The van der Waals surface area contributed by atoms with E-state index in [1.165, 1.54) is 0 Å². The molecule has 0 rings (SSSR count). The molecule has 0 atom stereocenters. The Morgan fingerprint density at radius 1 is 1.50 bits per heavy atom. The molecule has 0 saturated carbocycles. The molecule has 0 aliphatic rings. The number of hydrazine groups is 1. The Labute approximate surface area is 74.4 Å². The summed E-state index contributed by atoms with van der Waals surface area (Å²) in [5.41, 5.74) is 2.88. The number of nitrogens with zero attached hydrogens (tertiary/aromatic N) is 1. The predicted octanol–water partition coefficient (Wildman–Crippen LogP) is 1.33. The largest absolute Gasteiger partial charge is 0.327 e. The van der Waals surface area contributed by atoms with E-state index in [1.807, 2.05) is 14.1 Å². The Balaban J connectivity index is 3.47. The van der Waals surface area contributed by atoms with Crippen LogP contribution < -0.4 is 5.43 Å². The lowest BCUT2D eigenvalue weighted by atomic mass is 10.2. The first-order valence-corrected chi connectivity index (χ1v) is 4.29. The van der Waals surface area contributed by atoms with Gasteiger partial charge in [-0.3, -0.25) is 4.79 Å². The van der Waals surface area contributed by atoms with Crippen LogP contribution in [0.3, 0.4) is 0 Å². The molecule has 0 fully saturated rings. The van der Waals surface area contributed by atoms with E-state index in [0.29, 0.717) is 6.42 Å². The van der Waals surface area contributed by atoms with E-state index in [9.17, 15) is 4.79 Å². The van der Waals surface area contributed by atoms with Gasteiger partial charge in [-0.25, -0.2) is 5.01 Å². The van der Waals surface area contributed by atoms with Crippen molar-refractivity contribution in [3.8, 4) is 0 Å². The van der Waals surface area contributed by atoms with Crippen LogP contribution in [-0.4, -0.2) is 24.9 Å². The van der Waals surface area contributed by atoms with Crippen LogP contribution in [0.2, 0.25) is 0 Å². The molecule has 0 spiro atoms. The summed E-state index contributed by atoms with van der Waals surface area (Å²) in [6, 6.07) is 0. The van der Waals surface area contributed by atoms with Crippen LogP contribution in [0.5, 0.6) is 0 Å². The van der Waals surface area contributed by atoms with Crippen molar-refractivity contribution in [1.82, 2.24) is 10.4 Å². The number of nitrogens with one attached hydrogen (secondary N) is 1. The van der Waals surface area contributed by atoms with Gasteiger partial charge < -0.3 is 5.43 Å². The molecule has 3 heteroatoms. The summed E-state index contributed by atoms with van der Waals surface area (Å²) < 4.78 is 0. The van der Waals surface area contributed by atoms with Gasteiger partial charge in [-0.05, 0) is 12.5 Å². The molecular weight excluding hydrogens is 152 g/mol. The second-order valence-corrected chi connectivity index (χ2v) is 2.93. The Bertz CT molecular complexity index is 153. The third-order valence-corrected chi connectivity index (χ3v) is 1.38. The van der Waals surface area contributed by atoms with Gasteiger partial charge in [0.1, 0.15) is 0 Å². The van der Waals surface area contributed by atoms with Gasteiger partial charge in [0, 0.05) is 26.7 Å². The highest BCUT2D eigenvalue weighted by atomic mass is 16.1. The summed E-state index contributed by atoms with van der Waals surface area (Å²) in [5, 5.41) is 1.78. The minimum Gasteiger partial charge on any atom is -0.327 e. The highest BCUT2D eigenvalue weighted by Crippen LogP contribution is 1.95. The van der Waals surface area contributed by atoms with Gasteiger partial charge in [0.15, 0.2) is 5.78 Å². The number of unbranched alkanes of at least 4 members (excludes halogenated alkanes) is 1. The number of rotatable bonds is 6. The molecule has 3 nitrogen and oxygen atoms in total. The first kappa shape index (κ1) is 11.2. The number of carbonyl (C=O) groups is 1. The smallest absolute Gasteiger partial charge is 0.157 e. The van der Waals surface area contributed by atoms with E-state index in [-0.39, 0.29) is 5.78 Å². The van der Waals surface area contributed by atoms with Gasteiger partial charge in [-0.1, -0.05) is 13.3 Å². The summed E-state index contributed by atoms with van der Waals surface area (Å²) in [6.45, 7) is 2.08. The number of hydrogen-bond donors (Lipinski definition) is 1. The molecule has 0 unspecified atom stereocenters. The van der Waals surface area contributed by atoms with Gasteiger partial charge in [-0.2, -0.15) is 0 Å². The van der Waals surface area contributed by atoms with Crippen LogP contribution in [0, 0.1) is 0 Å². The minimum atomic E-state index is 0.186. The minimum absolute atomic E-state index is 0.186. The third-order valence-electron chi connectivity index (χ3n) is 1.38. The Hall–Kier alpha value is -0.830. The van der Waals surface area contributed by atoms with Crippen molar-refractivity contribution in [2.24, 2.45) is 0 Å². The fourth-order valence-corrected chi connectivity index (χ4v) is 0.714. The van der Waals surface area contributed by atoms with Crippen molar-refractivity contribution >= 4 is 5.78 Å². The lowest BCUT2D eigenvalue weighted by molar-refractivity contribution is -0.114.